The maximum atomic E-state index is 14.5. The molecular formula is C13H18FN5O. The van der Waals surface area contributed by atoms with Gasteiger partial charge in [-0.25, -0.2) is 19.3 Å². The molecule has 2 N–H and O–H groups in total. The van der Waals surface area contributed by atoms with Crippen molar-refractivity contribution in [3.8, 4) is 0 Å². The van der Waals surface area contributed by atoms with Crippen LogP contribution in [0, 0.1) is 12.8 Å². The zero-order valence-electron chi connectivity index (χ0n) is 11.7. The van der Waals surface area contributed by atoms with Crippen LogP contribution in [-0.2, 0) is 4.74 Å². The summed E-state index contributed by atoms with van der Waals surface area (Å²) in [4.78, 5) is 12.6. The molecule has 4 atom stereocenters. The van der Waals surface area contributed by atoms with Crippen LogP contribution < -0.4 is 5.73 Å². The van der Waals surface area contributed by atoms with Crippen LogP contribution in [0.2, 0.25) is 0 Å². The van der Waals surface area contributed by atoms with Gasteiger partial charge in [-0.15, -0.1) is 0 Å². The first kappa shape index (κ1) is 13.2. The van der Waals surface area contributed by atoms with Crippen LogP contribution in [0.5, 0.6) is 0 Å². The summed E-state index contributed by atoms with van der Waals surface area (Å²) in [6.07, 6.45) is 0.424. The minimum absolute atomic E-state index is 0.0901. The van der Waals surface area contributed by atoms with Crippen LogP contribution in [0.1, 0.15) is 32.3 Å². The Morgan fingerprint density at radius 1 is 1.45 bits per heavy atom. The smallest absolute Gasteiger partial charge is 0.168 e. The molecule has 6 nitrogen and oxygen atoms in total. The fourth-order valence-electron chi connectivity index (χ4n) is 2.77. The molecule has 1 fully saturated rings. The Kier molecular flexibility index (Phi) is 3.08. The molecule has 20 heavy (non-hydrogen) atoms. The highest BCUT2D eigenvalue weighted by Crippen LogP contribution is 2.38. The van der Waals surface area contributed by atoms with E-state index in [9.17, 15) is 4.39 Å². The van der Waals surface area contributed by atoms with E-state index in [2.05, 4.69) is 15.0 Å². The number of ether oxygens (including phenoxy) is 1. The quantitative estimate of drug-likeness (QED) is 0.909. The molecule has 0 spiro atoms. The maximum Gasteiger partial charge on any atom is 0.168 e. The molecule has 1 saturated heterocycles. The summed E-state index contributed by atoms with van der Waals surface area (Å²) in [6.45, 7) is 5.60. The summed E-state index contributed by atoms with van der Waals surface area (Å²) in [5, 5.41) is 0. The van der Waals surface area contributed by atoms with Crippen molar-refractivity contribution in [2.45, 2.75) is 45.7 Å². The monoisotopic (exact) mass is 279 g/mol. The molecule has 0 amide bonds. The molecule has 2 aromatic rings. The third-order valence-electron chi connectivity index (χ3n) is 3.91. The lowest BCUT2D eigenvalue weighted by molar-refractivity contribution is -0.0186. The lowest BCUT2D eigenvalue weighted by Crippen LogP contribution is -2.20. The molecule has 4 unspecified atom stereocenters. The number of hydrogen-bond donors (Lipinski definition) is 1. The Balaban J connectivity index is 2.07. The molecule has 2 aromatic heterocycles. The van der Waals surface area contributed by atoms with Gasteiger partial charge in [-0.3, -0.25) is 4.57 Å². The number of fused-ring (bicyclic) bond motifs is 1. The van der Waals surface area contributed by atoms with E-state index in [4.69, 9.17) is 10.5 Å². The predicted octanol–water partition coefficient (Wildman–Crippen LogP) is 2.00. The number of imidazole rings is 1. The Labute approximate surface area is 116 Å². The number of aromatic nitrogens is 4. The van der Waals surface area contributed by atoms with Crippen molar-refractivity contribution in [1.82, 2.24) is 19.5 Å². The SMILES string of the molecule is CCC1OC(n2cnc3c(N)nc(C)nc32)C(F)C1C. The van der Waals surface area contributed by atoms with Crippen molar-refractivity contribution in [1.29, 1.82) is 0 Å². The van der Waals surface area contributed by atoms with Gasteiger partial charge in [0.05, 0.1) is 12.4 Å². The average molecular weight is 279 g/mol. The van der Waals surface area contributed by atoms with E-state index in [0.29, 0.717) is 22.8 Å². The molecule has 0 bridgehead atoms. The fourth-order valence-corrected chi connectivity index (χ4v) is 2.77. The highest BCUT2D eigenvalue weighted by molar-refractivity contribution is 5.81. The van der Waals surface area contributed by atoms with Gasteiger partial charge in [0, 0.05) is 5.92 Å². The molecule has 0 radical (unpaired) electrons. The normalized spacial score (nSPS) is 30.2. The topological polar surface area (TPSA) is 78.9 Å². The summed E-state index contributed by atoms with van der Waals surface area (Å²) >= 11 is 0. The minimum atomic E-state index is -1.09. The Morgan fingerprint density at radius 3 is 2.85 bits per heavy atom. The molecule has 0 aliphatic carbocycles. The molecule has 0 aromatic carbocycles. The number of hydrogen-bond acceptors (Lipinski definition) is 5. The Hall–Kier alpha value is -1.76. The van der Waals surface area contributed by atoms with E-state index < -0.39 is 12.4 Å². The number of nitrogen functional groups attached to an aromatic ring is 1. The zero-order chi connectivity index (χ0) is 14.4. The van der Waals surface area contributed by atoms with E-state index in [1.807, 2.05) is 13.8 Å². The molecule has 1 aliphatic rings. The second-order valence-corrected chi connectivity index (χ2v) is 5.26. The van der Waals surface area contributed by atoms with E-state index in [-0.39, 0.29) is 12.0 Å². The van der Waals surface area contributed by atoms with Gasteiger partial charge in [-0.2, -0.15) is 0 Å². The molecule has 1 aliphatic heterocycles. The summed E-state index contributed by atoms with van der Waals surface area (Å²) in [5.74, 6) is 0.688. The standard InChI is InChI=1S/C13H18FN5O/c1-4-8-6(2)9(14)13(20-8)19-5-16-10-11(15)17-7(3)18-12(10)19/h5-6,8-9,13H,4H2,1-3H3,(H2,15,17,18). The summed E-state index contributed by atoms with van der Waals surface area (Å²) in [5.41, 5.74) is 6.83. The second kappa shape index (κ2) is 4.66. The summed E-state index contributed by atoms with van der Waals surface area (Å²) < 4.78 is 21.9. The first-order valence-electron chi connectivity index (χ1n) is 6.79. The highest BCUT2D eigenvalue weighted by atomic mass is 19.1. The van der Waals surface area contributed by atoms with Gasteiger partial charge in [0.15, 0.2) is 23.9 Å². The van der Waals surface area contributed by atoms with Gasteiger partial charge < -0.3 is 10.5 Å². The van der Waals surface area contributed by atoms with E-state index in [1.54, 1.807) is 11.5 Å². The Bertz CT molecular complexity index is 643. The minimum Gasteiger partial charge on any atom is -0.382 e. The van der Waals surface area contributed by atoms with E-state index in [1.165, 1.54) is 6.33 Å². The number of nitrogens with zero attached hydrogens (tertiary/aromatic N) is 4. The first-order chi connectivity index (χ1) is 9.52. The number of alkyl halides is 1. The molecule has 108 valence electrons. The lowest BCUT2D eigenvalue weighted by atomic mass is 10.00. The number of anilines is 1. The van der Waals surface area contributed by atoms with Crippen LogP contribution in [0.15, 0.2) is 6.33 Å². The third kappa shape index (κ3) is 1.84. The van der Waals surface area contributed by atoms with Crippen molar-refractivity contribution in [3.63, 3.8) is 0 Å². The molecule has 0 saturated carbocycles. The van der Waals surface area contributed by atoms with Crippen LogP contribution in [0.3, 0.4) is 0 Å². The summed E-state index contributed by atoms with van der Waals surface area (Å²) in [7, 11) is 0. The highest BCUT2D eigenvalue weighted by Gasteiger charge is 2.43. The van der Waals surface area contributed by atoms with Gasteiger partial charge in [-0.1, -0.05) is 13.8 Å². The zero-order valence-corrected chi connectivity index (χ0v) is 11.7. The number of halogens is 1. The van der Waals surface area contributed by atoms with Crippen LogP contribution in [-0.4, -0.2) is 31.8 Å². The molecule has 3 rings (SSSR count). The van der Waals surface area contributed by atoms with Crippen molar-refractivity contribution in [2.24, 2.45) is 5.92 Å². The molecular weight excluding hydrogens is 261 g/mol. The van der Waals surface area contributed by atoms with Crippen molar-refractivity contribution >= 4 is 17.0 Å². The van der Waals surface area contributed by atoms with Gasteiger partial charge in [0.2, 0.25) is 0 Å². The van der Waals surface area contributed by atoms with Crippen LogP contribution in [0.4, 0.5) is 10.2 Å². The fraction of sp³-hybridized carbons (Fsp3) is 0.615. The van der Waals surface area contributed by atoms with Gasteiger partial charge in [0.1, 0.15) is 11.3 Å². The average Bonchev–Trinajstić information content (AvgIpc) is 2.93. The van der Waals surface area contributed by atoms with E-state index in [0.717, 1.165) is 6.42 Å². The number of rotatable bonds is 2. The molecule has 7 heteroatoms. The third-order valence-corrected chi connectivity index (χ3v) is 3.91. The van der Waals surface area contributed by atoms with Crippen molar-refractivity contribution < 1.29 is 9.13 Å². The Morgan fingerprint density at radius 2 is 2.20 bits per heavy atom. The van der Waals surface area contributed by atoms with Gasteiger partial charge >= 0.3 is 0 Å². The largest absolute Gasteiger partial charge is 0.382 e. The molecule has 3 heterocycles. The van der Waals surface area contributed by atoms with Crippen molar-refractivity contribution in [2.75, 3.05) is 5.73 Å². The van der Waals surface area contributed by atoms with Crippen molar-refractivity contribution in [3.05, 3.63) is 12.2 Å². The van der Waals surface area contributed by atoms with Crippen LogP contribution in [0.25, 0.3) is 11.2 Å². The number of nitrogens with two attached hydrogens (primary N) is 1. The summed E-state index contributed by atoms with van der Waals surface area (Å²) in [6, 6.07) is 0. The van der Waals surface area contributed by atoms with Gasteiger partial charge in [-0.05, 0) is 13.3 Å². The maximum absolute atomic E-state index is 14.5. The lowest BCUT2D eigenvalue weighted by Gasteiger charge is -2.15. The van der Waals surface area contributed by atoms with Crippen LogP contribution >= 0.6 is 0 Å². The van der Waals surface area contributed by atoms with Gasteiger partial charge in [0.25, 0.3) is 0 Å². The first-order valence-corrected chi connectivity index (χ1v) is 6.79. The second-order valence-electron chi connectivity index (χ2n) is 5.26. The number of aryl methyl sites for hydroxylation is 1. The van der Waals surface area contributed by atoms with E-state index >= 15 is 0 Å². The predicted molar refractivity (Wildman–Crippen MR) is 72.7 cm³/mol.